The Labute approximate surface area is 128 Å². The van der Waals surface area contributed by atoms with Gasteiger partial charge in [0.1, 0.15) is 5.15 Å². The van der Waals surface area contributed by atoms with Crippen LogP contribution in [0.5, 0.6) is 0 Å². The molecule has 19 heavy (non-hydrogen) atoms. The molecular formula is C13H19Cl2N3S. The molecule has 2 unspecified atom stereocenters. The third-order valence-electron chi connectivity index (χ3n) is 4.19. The van der Waals surface area contributed by atoms with Crippen LogP contribution in [0.2, 0.25) is 5.15 Å². The molecule has 3 rings (SSSR count). The monoisotopic (exact) mass is 319 g/mol. The molecular weight excluding hydrogens is 301 g/mol. The van der Waals surface area contributed by atoms with Crippen LogP contribution in [0.3, 0.4) is 0 Å². The highest BCUT2D eigenvalue weighted by molar-refractivity contribution is 7.16. The third-order valence-corrected chi connectivity index (χ3v) is 6.14. The van der Waals surface area contributed by atoms with Crippen molar-refractivity contribution in [3.63, 3.8) is 0 Å². The maximum absolute atomic E-state index is 6.13. The predicted molar refractivity (Wildman–Crippen MR) is 82.7 cm³/mol. The lowest BCUT2D eigenvalue weighted by Crippen LogP contribution is -2.58. The number of fused-ring (bicyclic) bond motifs is 1. The van der Waals surface area contributed by atoms with Gasteiger partial charge in [-0.2, -0.15) is 0 Å². The van der Waals surface area contributed by atoms with Crippen LogP contribution in [0.4, 0.5) is 5.13 Å². The average Bonchev–Trinajstić information content (AvgIpc) is 2.79. The zero-order chi connectivity index (χ0) is 13.4. The molecule has 1 aromatic rings. The van der Waals surface area contributed by atoms with Gasteiger partial charge < -0.3 is 4.90 Å². The van der Waals surface area contributed by atoms with Crippen molar-refractivity contribution in [1.82, 2.24) is 9.88 Å². The first kappa shape index (κ1) is 13.9. The number of alkyl halides is 1. The summed E-state index contributed by atoms with van der Waals surface area (Å²) in [5, 5.41) is 1.62. The summed E-state index contributed by atoms with van der Waals surface area (Å²) in [6, 6.07) is 1.19. The van der Waals surface area contributed by atoms with Crippen molar-refractivity contribution in [3.8, 4) is 0 Å². The van der Waals surface area contributed by atoms with E-state index in [4.69, 9.17) is 23.2 Å². The summed E-state index contributed by atoms with van der Waals surface area (Å²) in [5.41, 5.74) is 0. The molecule has 106 valence electrons. The molecule has 2 aliphatic rings. The average molecular weight is 320 g/mol. The first-order valence-corrected chi connectivity index (χ1v) is 8.64. The molecule has 2 fully saturated rings. The standard InChI is InChI=1S/C13H19Cl2N3S/c1-9-7-17-5-3-2-4-10(17)8-18(9)13-16-12(15)11(6-14)19-13/h9-10H,2-8H2,1H3. The maximum atomic E-state index is 6.13. The molecule has 2 saturated heterocycles. The van der Waals surface area contributed by atoms with Crippen molar-refractivity contribution in [3.05, 3.63) is 10.0 Å². The van der Waals surface area contributed by atoms with Crippen molar-refractivity contribution in [2.75, 3.05) is 24.5 Å². The Morgan fingerprint density at radius 1 is 1.37 bits per heavy atom. The molecule has 2 atom stereocenters. The van der Waals surface area contributed by atoms with Crippen LogP contribution in [0.1, 0.15) is 31.1 Å². The summed E-state index contributed by atoms with van der Waals surface area (Å²) in [6.45, 7) is 5.75. The molecule has 2 aliphatic heterocycles. The second-order valence-electron chi connectivity index (χ2n) is 5.49. The van der Waals surface area contributed by atoms with Gasteiger partial charge in [-0.15, -0.1) is 11.6 Å². The number of piperidine rings is 1. The van der Waals surface area contributed by atoms with Gasteiger partial charge >= 0.3 is 0 Å². The summed E-state index contributed by atoms with van der Waals surface area (Å²) in [4.78, 5) is 10.5. The second-order valence-corrected chi connectivity index (χ2v) is 7.18. The molecule has 3 heterocycles. The van der Waals surface area contributed by atoms with Gasteiger partial charge in [0.15, 0.2) is 5.13 Å². The summed E-state index contributed by atoms with van der Waals surface area (Å²) < 4.78 is 0. The first-order chi connectivity index (χ1) is 9.19. The number of rotatable bonds is 2. The molecule has 3 nitrogen and oxygen atoms in total. The van der Waals surface area contributed by atoms with Crippen LogP contribution in [-0.2, 0) is 5.88 Å². The molecule has 0 saturated carbocycles. The number of aromatic nitrogens is 1. The fraction of sp³-hybridized carbons (Fsp3) is 0.769. The normalized spacial score (nSPS) is 28.5. The summed E-state index contributed by atoms with van der Waals surface area (Å²) in [7, 11) is 0. The van der Waals surface area contributed by atoms with E-state index in [0.29, 0.717) is 23.1 Å². The minimum atomic E-state index is 0.453. The molecule has 1 aromatic heterocycles. The van der Waals surface area contributed by atoms with E-state index in [-0.39, 0.29) is 0 Å². The van der Waals surface area contributed by atoms with Crippen LogP contribution in [0.15, 0.2) is 0 Å². The summed E-state index contributed by atoms with van der Waals surface area (Å²) in [6.07, 6.45) is 4.02. The van der Waals surface area contributed by atoms with Gasteiger partial charge in [0.05, 0.1) is 10.8 Å². The number of hydrogen-bond acceptors (Lipinski definition) is 4. The second kappa shape index (κ2) is 5.76. The Hall–Kier alpha value is -0.0300. The van der Waals surface area contributed by atoms with Gasteiger partial charge in [-0.3, -0.25) is 4.90 Å². The number of hydrogen-bond donors (Lipinski definition) is 0. The maximum Gasteiger partial charge on any atom is 0.187 e. The zero-order valence-corrected chi connectivity index (χ0v) is 13.4. The van der Waals surface area contributed by atoms with Gasteiger partial charge in [-0.05, 0) is 26.3 Å². The van der Waals surface area contributed by atoms with Gasteiger partial charge in [0.25, 0.3) is 0 Å². The van der Waals surface area contributed by atoms with Crippen LogP contribution in [0, 0.1) is 0 Å². The van der Waals surface area contributed by atoms with Crippen LogP contribution in [0.25, 0.3) is 0 Å². The molecule has 0 N–H and O–H groups in total. The SMILES string of the molecule is CC1CN2CCCCC2CN1c1nc(Cl)c(CCl)s1. The number of thiazole rings is 1. The molecule has 0 radical (unpaired) electrons. The van der Waals surface area contributed by atoms with Crippen LogP contribution in [-0.4, -0.2) is 41.6 Å². The Kier molecular flexibility index (Phi) is 4.22. The lowest BCUT2D eigenvalue weighted by Gasteiger charge is -2.47. The fourth-order valence-corrected chi connectivity index (χ4v) is 4.73. The number of piperazine rings is 1. The van der Waals surface area contributed by atoms with E-state index < -0.39 is 0 Å². The fourth-order valence-electron chi connectivity index (χ4n) is 3.15. The van der Waals surface area contributed by atoms with E-state index in [2.05, 4.69) is 21.7 Å². The van der Waals surface area contributed by atoms with E-state index in [1.54, 1.807) is 11.3 Å². The van der Waals surface area contributed by atoms with E-state index >= 15 is 0 Å². The molecule has 0 spiro atoms. The Bertz CT molecular complexity index is 451. The lowest BCUT2D eigenvalue weighted by atomic mass is 9.97. The van der Waals surface area contributed by atoms with Crippen molar-refractivity contribution in [1.29, 1.82) is 0 Å². The quantitative estimate of drug-likeness (QED) is 0.776. The van der Waals surface area contributed by atoms with E-state index in [0.717, 1.165) is 23.1 Å². The largest absolute Gasteiger partial charge is 0.342 e. The van der Waals surface area contributed by atoms with Crippen molar-refractivity contribution >= 4 is 39.7 Å². The summed E-state index contributed by atoms with van der Waals surface area (Å²) >= 11 is 13.7. The van der Waals surface area contributed by atoms with Gasteiger partial charge in [0.2, 0.25) is 0 Å². The minimum Gasteiger partial charge on any atom is -0.342 e. The van der Waals surface area contributed by atoms with E-state index in [9.17, 15) is 0 Å². The van der Waals surface area contributed by atoms with E-state index in [1.165, 1.54) is 25.8 Å². The first-order valence-electron chi connectivity index (χ1n) is 6.91. The Morgan fingerprint density at radius 3 is 2.95 bits per heavy atom. The Balaban J connectivity index is 1.79. The minimum absolute atomic E-state index is 0.453. The summed E-state index contributed by atoms with van der Waals surface area (Å²) in [5.74, 6) is 0.453. The lowest BCUT2D eigenvalue weighted by molar-refractivity contribution is 0.115. The molecule has 0 amide bonds. The highest BCUT2D eigenvalue weighted by Gasteiger charge is 2.34. The predicted octanol–water partition coefficient (Wildman–Crippen LogP) is 3.60. The van der Waals surface area contributed by atoms with Crippen molar-refractivity contribution < 1.29 is 0 Å². The van der Waals surface area contributed by atoms with Crippen LogP contribution >= 0.6 is 34.5 Å². The van der Waals surface area contributed by atoms with Gasteiger partial charge in [-0.25, -0.2) is 4.98 Å². The van der Waals surface area contributed by atoms with Gasteiger partial charge in [0, 0.05) is 25.2 Å². The molecule has 6 heteroatoms. The molecule has 0 aromatic carbocycles. The van der Waals surface area contributed by atoms with Gasteiger partial charge in [-0.1, -0.05) is 29.4 Å². The highest BCUT2D eigenvalue weighted by Crippen LogP contribution is 2.34. The van der Waals surface area contributed by atoms with Crippen LogP contribution < -0.4 is 4.90 Å². The molecule has 0 aliphatic carbocycles. The van der Waals surface area contributed by atoms with Crippen molar-refractivity contribution in [2.45, 2.75) is 44.1 Å². The van der Waals surface area contributed by atoms with Crippen molar-refractivity contribution in [2.24, 2.45) is 0 Å². The topological polar surface area (TPSA) is 19.4 Å². The Morgan fingerprint density at radius 2 is 2.21 bits per heavy atom. The third kappa shape index (κ3) is 2.73. The number of anilines is 1. The number of nitrogens with zero attached hydrogens (tertiary/aromatic N) is 3. The molecule has 0 bridgehead atoms. The number of halogens is 2. The highest BCUT2D eigenvalue weighted by atomic mass is 35.5. The smallest absolute Gasteiger partial charge is 0.187 e. The van der Waals surface area contributed by atoms with E-state index in [1.807, 2.05) is 0 Å². The zero-order valence-electron chi connectivity index (χ0n) is 11.1.